The predicted molar refractivity (Wildman–Crippen MR) is 63.7 cm³/mol. The first-order valence-electron chi connectivity index (χ1n) is 6.44. The molecular formula is C12H24N2O2. The fraction of sp³-hybridized carbons (Fsp3) is 1.00. The number of ether oxygens (including phenoxy) is 2. The molecule has 0 spiro atoms. The van der Waals surface area contributed by atoms with Crippen LogP contribution in [0.4, 0.5) is 0 Å². The molecule has 4 heteroatoms. The third kappa shape index (κ3) is 3.70. The molecule has 2 aliphatic heterocycles. The molecule has 2 rings (SSSR count). The zero-order valence-corrected chi connectivity index (χ0v) is 10.3. The molecule has 0 saturated carbocycles. The minimum Gasteiger partial charge on any atom is -0.381 e. The Kier molecular flexibility index (Phi) is 4.58. The van der Waals surface area contributed by atoms with E-state index < -0.39 is 0 Å². The van der Waals surface area contributed by atoms with Crippen molar-refractivity contribution in [1.29, 1.82) is 0 Å². The molecule has 2 heterocycles. The third-order valence-electron chi connectivity index (χ3n) is 3.62. The van der Waals surface area contributed by atoms with Crippen LogP contribution in [0.25, 0.3) is 0 Å². The maximum absolute atomic E-state index is 5.67. The van der Waals surface area contributed by atoms with Gasteiger partial charge in [-0.2, -0.15) is 0 Å². The van der Waals surface area contributed by atoms with Gasteiger partial charge in [0.05, 0.1) is 12.7 Å². The molecular weight excluding hydrogens is 204 g/mol. The van der Waals surface area contributed by atoms with Crippen molar-refractivity contribution < 1.29 is 9.47 Å². The molecule has 0 amide bonds. The van der Waals surface area contributed by atoms with Crippen LogP contribution in [0, 0.1) is 0 Å². The second-order valence-corrected chi connectivity index (χ2v) is 5.09. The lowest BCUT2D eigenvalue weighted by Crippen LogP contribution is -2.48. The molecule has 0 bridgehead atoms. The quantitative estimate of drug-likeness (QED) is 0.736. The number of rotatable bonds is 4. The van der Waals surface area contributed by atoms with Crippen molar-refractivity contribution in [2.75, 3.05) is 39.5 Å². The Labute approximate surface area is 98.1 Å². The van der Waals surface area contributed by atoms with Gasteiger partial charge in [0.1, 0.15) is 0 Å². The lowest BCUT2D eigenvalue weighted by atomic mass is 9.92. The normalized spacial score (nSPS) is 30.2. The molecule has 4 nitrogen and oxygen atoms in total. The average molecular weight is 228 g/mol. The highest BCUT2D eigenvalue weighted by Crippen LogP contribution is 2.19. The first kappa shape index (κ1) is 12.3. The van der Waals surface area contributed by atoms with E-state index in [4.69, 9.17) is 9.47 Å². The van der Waals surface area contributed by atoms with E-state index in [1.54, 1.807) is 0 Å². The average Bonchev–Trinajstić information content (AvgIpc) is 2.31. The lowest BCUT2D eigenvalue weighted by molar-refractivity contribution is 0.0173. The van der Waals surface area contributed by atoms with Crippen LogP contribution < -0.4 is 10.6 Å². The smallest absolute Gasteiger partial charge is 0.0712 e. The molecule has 2 fully saturated rings. The highest BCUT2D eigenvalue weighted by Gasteiger charge is 2.26. The minimum atomic E-state index is 0.278. The zero-order valence-electron chi connectivity index (χ0n) is 10.3. The van der Waals surface area contributed by atoms with Gasteiger partial charge in [-0.05, 0) is 32.7 Å². The first-order valence-corrected chi connectivity index (χ1v) is 6.44. The molecule has 2 saturated heterocycles. The highest BCUT2D eigenvalue weighted by molar-refractivity contribution is 4.85. The van der Waals surface area contributed by atoms with E-state index in [9.17, 15) is 0 Å². The van der Waals surface area contributed by atoms with E-state index >= 15 is 0 Å². The summed E-state index contributed by atoms with van der Waals surface area (Å²) in [5, 5.41) is 7.02. The second kappa shape index (κ2) is 5.96. The summed E-state index contributed by atoms with van der Waals surface area (Å²) in [6.07, 6.45) is 3.74. The van der Waals surface area contributed by atoms with E-state index in [0.717, 1.165) is 58.7 Å². The summed E-state index contributed by atoms with van der Waals surface area (Å²) in [6, 6.07) is 0. The molecule has 2 aliphatic rings. The molecule has 0 aromatic heterocycles. The topological polar surface area (TPSA) is 42.5 Å². The van der Waals surface area contributed by atoms with E-state index in [0.29, 0.717) is 6.10 Å². The maximum Gasteiger partial charge on any atom is 0.0712 e. The van der Waals surface area contributed by atoms with E-state index in [2.05, 4.69) is 17.6 Å². The zero-order chi connectivity index (χ0) is 11.3. The Balaban J connectivity index is 1.62. The van der Waals surface area contributed by atoms with Gasteiger partial charge in [0.15, 0.2) is 0 Å². The monoisotopic (exact) mass is 228 g/mol. The second-order valence-electron chi connectivity index (χ2n) is 5.09. The van der Waals surface area contributed by atoms with Crippen LogP contribution in [0.15, 0.2) is 0 Å². The van der Waals surface area contributed by atoms with Crippen LogP contribution in [0.2, 0.25) is 0 Å². The summed E-state index contributed by atoms with van der Waals surface area (Å²) in [5.74, 6) is 0. The highest BCUT2D eigenvalue weighted by atomic mass is 16.5. The fourth-order valence-electron chi connectivity index (χ4n) is 2.34. The molecule has 0 aliphatic carbocycles. The summed E-state index contributed by atoms with van der Waals surface area (Å²) in [5.41, 5.74) is 0.278. The van der Waals surface area contributed by atoms with Crippen LogP contribution in [0.1, 0.15) is 26.2 Å². The molecule has 1 unspecified atom stereocenters. The van der Waals surface area contributed by atoms with Crippen molar-refractivity contribution in [2.45, 2.75) is 37.8 Å². The number of nitrogens with one attached hydrogen (secondary N) is 2. The van der Waals surface area contributed by atoms with E-state index in [-0.39, 0.29) is 5.54 Å². The summed E-state index contributed by atoms with van der Waals surface area (Å²) >= 11 is 0. The van der Waals surface area contributed by atoms with Crippen molar-refractivity contribution in [1.82, 2.24) is 10.6 Å². The van der Waals surface area contributed by atoms with Crippen LogP contribution in [0.5, 0.6) is 0 Å². The standard InChI is InChI=1S/C12H24N2O2/c1-12(3-7-15-8-4-12)14-5-2-11-10-13-6-9-16-11/h11,13-14H,2-10H2,1H3. The number of hydrogen-bond donors (Lipinski definition) is 2. The van der Waals surface area contributed by atoms with Crippen LogP contribution in [0.3, 0.4) is 0 Å². The minimum absolute atomic E-state index is 0.278. The van der Waals surface area contributed by atoms with Gasteiger partial charge in [-0.1, -0.05) is 0 Å². The summed E-state index contributed by atoms with van der Waals surface area (Å²) in [4.78, 5) is 0. The predicted octanol–water partition coefficient (Wildman–Crippen LogP) is 0.524. The van der Waals surface area contributed by atoms with Crippen molar-refractivity contribution in [3.63, 3.8) is 0 Å². The Morgan fingerprint density at radius 2 is 2.12 bits per heavy atom. The van der Waals surface area contributed by atoms with Crippen molar-refractivity contribution in [3.05, 3.63) is 0 Å². The maximum atomic E-state index is 5.67. The van der Waals surface area contributed by atoms with Gasteiger partial charge in [-0.15, -0.1) is 0 Å². The number of hydrogen-bond acceptors (Lipinski definition) is 4. The Morgan fingerprint density at radius 1 is 1.31 bits per heavy atom. The van der Waals surface area contributed by atoms with Crippen molar-refractivity contribution in [2.24, 2.45) is 0 Å². The van der Waals surface area contributed by atoms with Crippen LogP contribution in [-0.2, 0) is 9.47 Å². The molecule has 94 valence electrons. The molecule has 0 aromatic rings. The van der Waals surface area contributed by atoms with Crippen molar-refractivity contribution in [3.8, 4) is 0 Å². The van der Waals surface area contributed by atoms with Gasteiger partial charge in [0.2, 0.25) is 0 Å². The van der Waals surface area contributed by atoms with Gasteiger partial charge >= 0.3 is 0 Å². The first-order chi connectivity index (χ1) is 7.79. The van der Waals surface area contributed by atoms with Gasteiger partial charge in [-0.25, -0.2) is 0 Å². The molecule has 1 atom stereocenters. The fourth-order valence-corrected chi connectivity index (χ4v) is 2.34. The van der Waals surface area contributed by atoms with Gasteiger partial charge in [-0.3, -0.25) is 0 Å². The SMILES string of the molecule is CC1(NCCC2CNCCO2)CCOCC1. The molecule has 16 heavy (non-hydrogen) atoms. The van der Waals surface area contributed by atoms with E-state index in [1.165, 1.54) is 0 Å². The summed E-state index contributed by atoms with van der Waals surface area (Å²) in [7, 11) is 0. The van der Waals surface area contributed by atoms with E-state index in [1.807, 2.05) is 0 Å². The lowest BCUT2D eigenvalue weighted by Gasteiger charge is -2.35. The molecule has 0 radical (unpaired) electrons. The Morgan fingerprint density at radius 3 is 2.81 bits per heavy atom. The Hall–Kier alpha value is -0.160. The van der Waals surface area contributed by atoms with Crippen molar-refractivity contribution >= 4 is 0 Å². The third-order valence-corrected chi connectivity index (χ3v) is 3.62. The van der Waals surface area contributed by atoms with Gasteiger partial charge in [0, 0.05) is 31.8 Å². The summed E-state index contributed by atoms with van der Waals surface area (Å²) in [6.45, 7) is 7.99. The largest absolute Gasteiger partial charge is 0.381 e. The van der Waals surface area contributed by atoms with Gasteiger partial charge in [0.25, 0.3) is 0 Å². The number of morpholine rings is 1. The Bertz CT molecular complexity index is 199. The van der Waals surface area contributed by atoms with Gasteiger partial charge < -0.3 is 20.1 Å². The van der Waals surface area contributed by atoms with Crippen LogP contribution >= 0.6 is 0 Å². The molecule has 2 N–H and O–H groups in total. The van der Waals surface area contributed by atoms with Crippen LogP contribution in [-0.4, -0.2) is 51.1 Å². The summed E-state index contributed by atoms with van der Waals surface area (Å²) < 4.78 is 11.1. The molecule has 0 aromatic carbocycles.